The van der Waals surface area contributed by atoms with Crippen molar-refractivity contribution in [3.8, 4) is 6.07 Å². The largest absolute Gasteiger partial charge is 0.397 e. The average molecular weight is 275 g/mol. The first-order valence-corrected chi connectivity index (χ1v) is 5.49. The molecule has 0 saturated carbocycles. The molecule has 2 N–H and O–H groups in total. The number of pyridine rings is 1. The molecule has 1 aromatic carbocycles. The van der Waals surface area contributed by atoms with Gasteiger partial charge in [-0.1, -0.05) is 6.07 Å². The van der Waals surface area contributed by atoms with Gasteiger partial charge >= 0.3 is 0 Å². The molecule has 0 amide bonds. The summed E-state index contributed by atoms with van der Waals surface area (Å²) in [7, 11) is 0. The van der Waals surface area contributed by atoms with Crippen LogP contribution in [-0.2, 0) is 0 Å². The highest BCUT2D eigenvalue weighted by Gasteiger charge is 2.18. The van der Waals surface area contributed by atoms with Gasteiger partial charge in [-0.2, -0.15) is 5.26 Å². The molecule has 0 saturated heterocycles. The monoisotopic (exact) mass is 275 g/mol. The predicted octanol–water partition coefficient (Wildman–Crippen LogP) is 2.85. The Balaban J connectivity index is 2.68. The van der Waals surface area contributed by atoms with Gasteiger partial charge in [-0.15, -0.1) is 0 Å². The quantitative estimate of drug-likeness (QED) is 0.857. The molecule has 0 unspecified atom stereocenters. The number of hydrogen-bond donors (Lipinski definition) is 1. The molecule has 100 valence electrons. The highest BCUT2D eigenvalue weighted by Crippen LogP contribution is 2.26. The van der Waals surface area contributed by atoms with Crippen LogP contribution in [0.5, 0.6) is 0 Å². The van der Waals surface area contributed by atoms with Crippen LogP contribution in [0.4, 0.5) is 13.2 Å². The van der Waals surface area contributed by atoms with Crippen molar-refractivity contribution in [2.45, 2.75) is 0 Å². The van der Waals surface area contributed by atoms with Crippen molar-refractivity contribution in [3.63, 3.8) is 0 Å². The SMILES string of the molecule is N#C/C(=C(/N)c1c(F)cc(F)cc1F)c1cccnc1. The smallest absolute Gasteiger partial charge is 0.138 e. The molecule has 3 nitrogen and oxygen atoms in total. The topological polar surface area (TPSA) is 62.7 Å². The molecule has 0 bridgehead atoms. The minimum Gasteiger partial charge on any atom is -0.397 e. The molecule has 20 heavy (non-hydrogen) atoms. The zero-order valence-electron chi connectivity index (χ0n) is 10.1. The maximum absolute atomic E-state index is 13.7. The number of benzene rings is 1. The lowest BCUT2D eigenvalue weighted by Crippen LogP contribution is -2.06. The van der Waals surface area contributed by atoms with Gasteiger partial charge in [0, 0.05) is 30.1 Å². The number of nitrogens with two attached hydrogens (primary N) is 1. The van der Waals surface area contributed by atoms with Gasteiger partial charge in [-0.25, -0.2) is 13.2 Å². The minimum atomic E-state index is -1.17. The fourth-order valence-corrected chi connectivity index (χ4v) is 1.72. The molecule has 0 aliphatic carbocycles. The highest BCUT2D eigenvalue weighted by atomic mass is 19.1. The van der Waals surface area contributed by atoms with Crippen LogP contribution in [0.25, 0.3) is 11.3 Å². The first-order chi connectivity index (χ1) is 9.54. The second-order valence-electron chi connectivity index (χ2n) is 3.89. The maximum atomic E-state index is 13.7. The van der Waals surface area contributed by atoms with Crippen molar-refractivity contribution in [1.82, 2.24) is 4.98 Å². The fourth-order valence-electron chi connectivity index (χ4n) is 1.72. The average Bonchev–Trinajstić information content (AvgIpc) is 2.39. The Morgan fingerprint density at radius 1 is 1.20 bits per heavy atom. The molecule has 0 aliphatic rings. The van der Waals surface area contributed by atoms with Crippen LogP contribution >= 0.6 is 0 Å². The van der Waals surface area contributed by atoms with Crippen LogP contribution in [-0.4, -0.2) is 4.98 Å². The summed E-state index contributed by atoms with van der Waals surface area (Å²) in [6, 6.07) is 5.86. The van der Waals surface area contributed by atoms with E-state index in [1.165, 1.54) is 18.5 Å². The number of hydrogen-bond acceptors (Lipinski definition) is 3. The summed E-state index contributed by atoms with van der Waals surface area (Å²) in [5.74, 6) is -3.40. The van der Waals surface area contributed by atoms with E-state index in [9.17, 15) is 13.2 Å². The van der Waals surface area contributed by atoms with E-state index in [-0.39, 0.29) is 5.57 Å². The lowest BCUT2D eigenvalue weighted by Gasteiger charge is -2.08. The summed E-state index contributed by atoms with van der Waals surface area (Å²) in [6.45, 7) is 0. The van der Waals surface area contributed by atoms with Gasteiger partial charge in [0.2, 0.25) is 0 Å². The summed E-state index contributed by atoms with van der Waals surface area (Å²) in [4.78, 5) is 3.80. The Morgan fingerprint density at radius 3 is 2.35 bits per heavy atom. The first kappa shape index (κ1) is 13.6. The van der Waals surface area contributed by atoms with Gasteiger partial charge in [0.25, 0.3) is 0 Å². The predicted molar refractivity (Wildman–Crippen MR) is 67.2 cm³/mol. The maximum Gasteiger partial charge on any atom is 0.138 e. The number of allylic oxidation sites excluding steroid dienone is 1. The number of nitrogens with zero attached hydrogens (tertiary/aromatic N) is 2. The third-order valence-electron chi connectivity index (χ3n) is 2.61. The van der Waals surface area contributed by atoms with Crippen molar-refractivity contribution >= 4 is 11.3 Å². The number of halogens is 3. The summed E-state index contributed by atoms with van der Waals surface area (Å²) in [6.07, 6.45) is 2.82. The van der Waals surface area contributed by atoms with E-state index < -0.39 is 28.7 Å². The van der Waals surface area contributed by atoms with E-state index in [0.717, 1.165) is 0 Å². The van der Waals surface area contributed by atoms with Gasteiger partial charge in [-0.3, -0.25) is 4.98 Å². The van der Waals surface area contributed by atoms with Crippen molar-refractivity contribution in [2.24, 2.45) is 5.73 Å². The minimum absolute atomic E-state index is 0.137. The second kappa shape index (κ2) is 5.45. The standard InChI is InChI=1S/C14H8F3N3/c15-9-4-11(16)13(12(17)5-9)14(19)10(6-18)8-2-1-3-20-7-8/h1-5,7H,19H2/b14-10-. The van der Waals surface area contributed by atoms with E-state index in [1.807, 2.05) is 0 Å². The van der Waals surface area contributed by atoms with Crippen molar-refractivity contribution in [3.05, 3.63) is 65.2 Å². The Bertz CT molecular complexity index is 695. The van der Waals surface area contributed by atoms with Crippen molar-refractivity contribution in [1.29, 1.82) is 5.26 Å². The zero-order chi connectivity index (χ0) is 14.7. The molecule has 2 aromatic rings. The van der Waals surface area contributed by atoms with Gasteiger partial charge in [0.05, 0.1) is 16.8 Å². The van der Waals surface area contributed by atoms with Crippen LogP contribution in [0.3, 0.4) is 0 Å². The van der Waals surface area contributed by atoms with Crippen LogP contribution in [0.2, 0.25) is 0 Å². The van der Waals surface area contributed by atoms with E-state index in [1.54, 1.807) is 12.1 Å². The third kappa shape index (κ3) is 2.47. The normalized spacial score (nSPS) is 11.7. The molecule has 1 heterocycles. The zero-order valence-corrected chi connectivity index (χ0v) is 10.1. The molecule has 0 aliphatic heterocycles. The number of rotatable bonds is 2. The fraction of sp³-hybridized carbons (Fsp3) is 0. The van der Waals surface area contributed by atoms with Gasteiger partial charge < -0.3 is 5.73 Å². The Hall–Kier alpha value is -2.81. The summed E-state index contributed by atoms with van der Waals surface area (Å²) in [5.41, 5.74) is 4.80. The van der Waals surface area contributed by atoms with Gasteiger partial charge in [-0.05, 0) is 6.07 Å². The third-order valence-corrected chi connectivity index (χ3v) is 2.61. The van der Waals surface area contributed by atoms with Crippen molar-refractivity contribution in [2.75, 3.05) is 0 Å². The molecule has 0 spiro atoms. The van der Waals surface area contributed by atoms with E-state index in [2.05, 4.69) is 4.98 Å². The molecule has 2 rings (SSSR count). The Morgan fingerprint density at radius 2 is 1.85 bits per heavy atom. The van der Waals surface area contributed by atoms with E-state index >= 15 is 0 Å². The van der Waals surface area contributed by atoms with Crippen molar-refractivity contribution < 1.29 is 13.2 Å². The molecule has 0 fully saturated rings. The molecule has 0 radical (unpaired) electrons. The van der Waals surface area contributed by atoms with Crippen LogP contribution in [0, 0.1) is 28.8 Å². The Labute approximate surface area is 112 Å². The molecule has 1 aromatic heterocycles. The summed E-state index contributed by atoms with van der Waals surface area (Å²) >= 11 is 0. The van der Waals surface area contributed by atoms with Crippen LogP contribution < -0.4 is 5.73 Å². The van der Waals surface area contributed by atoms with Gasteiger partial charge in [0.1, 0.15) is 23.5 Å². The number of nitriles is 1. The molecule has 0 atom stereocenters. The number of aromatic nitrogens is 1. The lowest BCUT2D eigenvalue weighted by molar-refractivity contribution is 0.538. The van der Waals surface area contributed by atoms with Crippen LogP contribution in [0.15, 0.2) is 36.7 Å². The summed E-state index contributed by atoms with van der Waals surface area (Å²) in [5, 5.41) is 9.11. The van der Waals surface area contributed by atoms with Gasteiger partial charge in [0.15, 0.2) is 0 Å². The molecular formula is C14H8F3N3. The highest BCUT2D eigenvalue weighted by molar-refractivity contribution is 5.96. The second-order valence-corrected chi connectivity index (χ2v) is 3.89. The van der Waals surface area contributed by atoms with Crippen LogP contribution in [0.1, 0.15) is 11.1 Å². The lowest BCUT2D eigenvalue weighted by atomic mass is 10.0. The first-order valence-electron chi connectivity index (χ1n) is 5.49. The van der Waals surface area contributed by atoms with E-state index in [4.69, 9.17) is 11.0 Å². The summed E-state index contributed by atoms with van der Waals surface area (Å²) < 4.78 is 40.2. The Kier molecular flexibility index (Phi) is 3.71. The van der Waals surface area contributed by atoms with E-state index in [0.29, 0.717) is 17.7 Å². The molecular weight excluding hydrogens is 267 g/mol. The molecule has 6 heteroatoms.